The summed E-state index contributed by atoms with van der Waals surface area (Å²) in [5, 5.41) is 46.4. The summed E-state index contributed by atoms with van der Waals surface area (Å²) in [6.45, 7) is 0.619. The van der Waals surface area contributed by atoms with E-state index in [2.05, 4.69) is 16.4 Å². The molecule has 3 unspecified atom stereocenters. The minimum atomic E-state index is -1.89. The fraction of sp³-hybridized carbons (Fsp3) is 0.333. The normalized spacial score (nSPS) is 28.6. The van der Waals surface area contributed by atoms with Crippen LogP contribution in [0.3, 0.4) is 0 Å². The topological polar surface area (TPSA) is 128 Å². The summed E-state index contributed by atoms with van der Waals surface area (Å²) in [5.74, 6) is -0.344. The molecule has 0 radical (unpaired) electrons. The summed E-state index contributed by atoms with van der Waals surface area (Å²) < 4.78 is 12.3. The first kappa shape index (κ1) is 23.3. The summed E-state index contributed by atoms with van der Waals surface area (Å²) in [7, 11) is 1.48. The van der Waals surface area contributed by atoms with E-state index in [1.165, 1.54) is 19.5 Å². The van der Waals surface area contributed by atoms with Crippen LogP contribution in [0.4, 0.5) is 0 Å². The van der Waals surface area contributed by atoms with Crippen LogP contribution in [0.2, 0.25) is 0 Å². The van der Waals surface area contributed by atoms with Gasteiger partial charge >= 0.3 is 0 Å². The highest BCUT2D eigenvalue weighted by atomic mass is 16.5. The number of rotatable bonds is 7. The zero-order valence-electron chi connectivity index (χ0n) is 19.3. The maximum atomic E-state index is 12.6. The summed E-state index contributed by atoms with van der Waals surface area (Å²) in [5.41, 5.74) is -1.02. The minimum absolute atomic E-state index is 0.0529. The highest BCUT2D eigenvalue weighted by Gasteiger charge is 2.76. The van der Waals surface area contributed by atoms with Gasteiger partial charge in [0.2, 0.25) is 0 Å². The number of aliphatic hydroxyl groups is 3. The third-order valence-electron chi connectivity index (χ3n) is 7.28. The Bertz CT molecular complexity index is 1250. The van der Waals surface area contributed by atoms with Gasteiger partial charge in [0.25, 0.3) is 0 Å². The van der Waals surface area contributed by atoms with E-state index in [1.54, 1.807) is 24.3 Å². The molecule has 2 aliphatic rings. The van der Waals surface area contributed by atoms with Gasteiger partial charge in [0, 0.05) is 24.9 Å². The smallest absolute Gasteiger partial charge is 0.177 e. The van der Waals surface area contributed by atoms with Gasteiger partial charge in [-0.3, -0.25) is 4.98 Å². The number of fused-ring (bicyclic) bond motifs is 3. The Kier molecular flexibility index (Phi) is 5.95. The third-order valence-corrected chi connectivity index (χ3v) is 7.28. The van der Waals surface area contributed by atoms with Crippen LogP contribution in [0, 0.1) is 17.2 Å². The van der Waals surface area contributed by atoms with E-state index in [9.17, 15) is 20.6 Å². The molecule has 8 nitrogen and oxygen atoms in total. The lowest BCUT2D eigenvalue weighted by atomic mass is 9.70. The number of hydrogen-bond acceptors (Lipinski definition) is 8. The van der Waals surface area contributed by atoms with E-state index in [1.807, 2.05) is 30.3 Å². The molecule has 5 atom stereocenters. The molecule has 0 bridgehead atoms. The summed E-state index contributed by atoms with van der Waals surface area (Å²) in [4.78, 5) is 4.21. The highest BCUT2D eigenvalue weighted by molar-refractivity contribution is 5.59. The summed E-state index contributed by atoms with van der Waals surface area (Å²) in [6.07, 6.45) is 1.76. The van der Waals surface area contributed by atoms with Crippen LogP contribution in [0.25, 0.3) is 0 Å². The molecule has 2 heterocycles. The molecule has 180 valence electrons. The maximum absolute atomic E-state index is 12.6. The van der Waals surface area contributed by atoms with Crippen molar-refractivity contribution in [1.29, 1.82) is 5.26 Å². The Labute approximate surface area is 203 Å². The van der Waals surface area contributed by atoms with Crippen LogP contribution in [0.15, 0.2) is 67.0 Å². The lowest BCUT2D eigenvalue weighted by Crippen LogP contribution is -2.52. The lowest BCUT2D eigenvalue weighted by molar-refractivity contribution is -0.152. The highest BCUT2D eigenvalue weighted by Crippen LogP contribution is 2.69. The quantitative estimate of drug-likeness (QED) is 0.383. The Morgan fingerprint density at radius 3 is 2.54 bits per heavy atom. The maximum Gasteiger partial charge on any atom is 0.177 e. The zero-order chi connectivity index (χ0) is 24.6. The molecule has 1 saturated carbocycles. The fourth-order valence-electron chi connectivity index (χ4n) is 5.90. The van der Waals surface area contributed by atoms with Crippen molar-refractivity contribution >= 4 is 0 Å². The average Bonchev–Trinajstić information content (AvgIpc) is 3.28. The Morgan fingerprint density at radius 1 is 1.14 bits per heavy atom. The molecular weight excluding hydrogens is 446 g/mol. The van der Waals surface area contributed by atoms with Crippen LogP contribution in [-0.2, 0) is 11.2 Å². The van der Waals surface area contributed by atoms with Gasteiger partial charge < -0.3 is 30.1 Å². The van der Waals surface area contributed by atoms with Gasteiger partial charge in [-0.2, -0.15) is 5.26 Å². The van der Waals surface area contributed by atoms with Gasteiger partial charge in [-0.05, 0) is 23.3 Å². The van der Waals surface area contributed by atoms with E-state index >= 15 is 0 Å². The van der Waals surface area contributed by atoms with E-state index in [-0.39, 0.29) is 6.61 Å². The van der Waals surface area contributed by atoms with Gasteiger partial charge in [0.05, 0.1) is 49.4 Å². The van der Waals surface area contributed by atoms with E-state index in [0.717, 1.165) is 5.56 Å². The van der Waals surface area contributed by atoms with Crippen molar-refractivity contribution in [3.8, 4) is 17.6 Å². The van der Waals surface area contributed by atoms with Gasteiger partial charge in [0.15, 0.2) is 11.2 Å². The Balaban J connectivity index is 1.80. The molecule has 1 aromatic heterocycles. The number of hydrogen-bond donors (Lipinski definition) is 4. The van der Waals surface area contributed by atoms with E-state index < -0.39 is 29.1 Å². The minimum Gasteiger partial charge on any atom is -0.495 e. The van der Waals surface area contributed by atoms with Gasteiger partial charge in [-0.1, -0.05) is 42.5 Å². The number of benzene rings is 2. The van der Waals surface area contributed by atoms with Gasteiger partial charge in [0.1, 0.15) is 11.5 Å². The number of pyridine rings is 1. The Hall–Kier alpha value is -3.48. The van der Waals surface area contributed by atoms with Gasteiger partial charge in [-0.25, -0.2) is 0 Å². The summed E-state index contributed by atoms with van der Waals surface area (Å²) in [6, 6.07) is 18.7. The molecule has 1 aliphatic carbocycles. The second kappa shape index (κ2) is 8.95. The molecule has 1 aliphatic heterocycles. The van der Waals surface area contributed by atoms with Crippen LogP contribution in [0.1, 0.15) is 28.2 Å². The molecule has 8 heteroatoms. The molecule has 4 N–H and O–H groups in total. The molecule has 2 aromatic carbocycles. The molecular formula is C27H27N3O5. The third kappa shape index (κ3) is 3.24. The first-order valence-corrected chi connectivity index (χ1v) is 11.5. The molecule has 0 saturated heterocycles. The Morgan fingerprint density at radius 2 is 1.89 bits per heavy atom. The number of nitrogens with one attached hydrogen (secondary N) is 1. The number of ether oxygens (including phenoxy) is 2. The summed E-state index contributed by atoms with van der Waals surface area (Å²) >= 11 is 0. The van der Waals surface area contributed by atoms with E-state index in [0.29, 0.717) is 41.3 Å². The molecule has 35 heavy (non-hydrogen) atoms. The molecule has 0 amide bonds. The second-order valence-electron chi connectivity index (χ2n) is 8.93. The standard InChI is InChI=1S/C27H27N3O5/c1-34-21-15-30-16-22-24(21)26(33)25(32)20(14-29-11-12-31)23(18-5-3-2-4-6-18)27(26,35-22)19-9-7-17(13-28)8-10-19/h2-10,15-16,20,23,25,29,31-33H,11-12,14H2,1H3/t20?,23?,25-,26+,27?/m1/s1. The molecule has 5 rings (SSSR count). The second-order valence-corrected chi connectivity index (χ2v) is 8.93. The number of aliphatic hydroxyl groups excluding tert-OH is 2. The molecule has 1 fully saturated rings. The largest absolute Gasteiger partial charge is 0.495 e. The first-order chi connectivity index (χ1) is 17.0. The van der Waals surface area contributed by atoms with Crippen molar-refractivity contribution in [2.24, 2.45) is 5.92 Å². The fourth-order valence-corrected chi connectivity index (χ4v) is 5.90. The monoisotopic (exact) mass is 473 g/mol. The van der Waals surface area contributed by atoms with Crippen LogP contribution in [-0.4, -0.2) is 53.2 Å². The van der Waals surface area contributed by atoms with Gasteiger partial charge in [-0.15, -0.1) is 0 Å². The van der Waals surface area contributed by atoms with Crippen molar-refractivity contribution in [3.63, 3.8) is 0 Å². The van der Waals surface area contributed by atoms with E-state index in [4.69, 9.17) is 9.47 Å². The van der Waals surface area contributed by atoms with Crippen molar-refractivity contribution in [2.75, 3.05) is 26.8 Å². The molecule has 0 spiro atoms. The van der Waals surface area contributed by atoms with Crippen molar-refractivity contribution in [2.45, 2.75) is 23.2 Å². The zero-order valence-corrected chi connectivity index (χ0v) is 19.3. The number of methoxy groups -OCH3 is 1. The number of nitrogens with zero attached hydrogens (tertiary/aromatic N) is 2. The van der Waals surface area contributed by atoms with Crippen molar-refractivity contribution in [1.82, 2.24) is 10.3 Å². The molecule has 3 aromatic rings. The van der Waals surface area contributed by atoms with Crippen LogP contribution in [0.5, 0.6) is 11.5 Å². The predicted octanol–water partition coefficient (Wildman–Crippen LogP) is 1.79. The van der Waals surface area contributed by atoms with Crippen LogP contribution >= 0.6 is 0 Å². The van der Waals surface area contributed by atoms with Crippen molar-refractivity contribution in [3.05, 3.63) is 89.2 Å². The first-order valence-electron chi connectivity index (χ1n) is 11.5. The van der Waals surface area contributed by atoms with Crippen molar-refractivity contribution < 1.29 is 24.8 Å². The lowest BCUT2D eigenvalue weighted by Gasteiger charge is -2.41. The predicted molar refractivity (Wildman–Crippen MR) is 127 cm³/mol. The number of aromatic nitrogens is 1. The number of nitriles is 1. The SMILES string of the molecule is COc1cncc2c1[C@]1(O)[C@H](O)C(CNCCO)C(c3ccccc3)C1(c1ccc(C#N)cc1)O2. The van der Waals surface area contributed by atoms with Crippen LogP contribution < -0.4 is 14.8 Å². The average molecular weight is 474 g/mol.